The molecule has 1 aliphatic rings. The van der Waals surface area contributed by atoms with Crippen molar-refractivity contribution in [1.82, 2.24) is 14.8 Å². The van der Waals surface area contributed by atoms with E-state index < -0.39 is 0 Å². The number of hydrogen-bond acceptors (Lipinski definition) is 5. The van der Waals surface area contributed by atoms with Crippen molar-refractivity contribution in [3.63, 3.8) is 0 Å². The molecule has 29 heavy (non-hydrogen) atoms. The molecule has 5 nitrogen and oxygen atoms in total. The monoisotopic (exact) mass is 413 g/mol. The molecule has 3 rings (SSSR count). The lowest BCUT2D eigenvalue weighted by atomic mass is 10.2. The molecule has 0 unspecified atom stereocenters. The second-order valence-corrected chi connectivity index (χ2v) is 8.45. The van der Waals surface area contributed by atoms with E-state index in [0.717, 1.165) is 57.1 Å². The van der Waals surface area contributed by atoms with Crippen LogP contribution in [0.3, 0.4) is 0 Å². The highest BCUT2D eigenvalue weighted by atomic mass is 32.2. The van der Waals surface area contributed by atoms with E-state index in [9.17, 15) is 4.79 Å². The first kappa shape index (κ1) is 21.8. The quantitative estimate of drug-likeness (QED) is 0.598. The molecule has 0 atom stereocenters. The van der Waals surface area contributed by atoms with Gasteiger partial charge in [0.2, 0.25) is 5.91 Å². The van der Waals surface area contributed by atoms with Gasteiger partial charge in [-0.3, -0.25) is 14.7 Å². The van der Waals surface area contributed by atoms with Crippen LogP contribution in [0.5, 0.6) is 0 Å². The van der Waals surface area contributed by atoms with Crippen LogP contribution in [0.1, 0.15) is 23.1 Å². The van der Waals surface area contributed by atoms with Crippen LogP contribution in [0.2, 0.25) is 0 Å². The van der Waals surface area contributed by atoms with E-state index in [1.54, 1.807) is 24.2 Å². The summed E-state index contributed by atoms with van der Waals surface area (Å²) in [4.78, 5) is 21.4. The number of carbonyl (C=O) groups is 1. The SMILES string of the molecule is Cc1cccc(CSCC(=O)N(CCCN2CCOCC2)Cc2ccncc2)c1. The molecule has 0 radical (unpaired) electrons. The number of ether oxygens (including phenoxy) is 1. The molecule has 0 spiro atoms. The molecule has 0 bridgehead atoms. The second kappa shape index (κ2) is 12.0. The van der Waals surface area contributed by atoms with Crippen molar-refractivity contribution in [3.05, 3.63) is 65.5 Å². The first-order chi connectivity index (χ1) is 14.2. The predicted molar refractivity (Wildman–Crippen MR) is 119 cm³/mol. The van der Waals surface area contributed by atoms with E-state index in [0.29, 0.717) is 12.3 Å². The number of rotatable bonds is 10. The van der Waals surface area contributed by atoms with Gasteiger partial charge in [0.15, 0.2) is 0 Å². The van der Waals surface area contributed by atoms with Crippen LogP contribution in [-0.4, -0.2) is 65.8 Å². The first-order valence-electron chi connectivity index (χ1n) is 10.3. The number of aromatic nitrogens is 1. The average Bonchev–Trinajstić information content (AvgIpc) is 2.74. The molecule has 1 saturated heterocycles. The Morgan fingerprint density at radius 2 is 1.97 bits per heavy atom. The fourth-order valence-electron chi connectivity index (χ4n) is 3.46. The second-order valence-electron chi connectivity index (χ2n) is 7.46. The number of benzene rings is 1. The number of morpholine rings is 1. The molecule has 1 aliphatic heterocycles. The van der Waals surface area contributed by atoms with E-state index in [4.69, 9.17) is 4.74 Å². The van der Waals surface area contributed by atoms with E-state index in [1.165, 1.54) is 11.1 Å². The molecule has 0 N–H and O–H groups in total. The van der Waals surface area contributed by atoms with Gasteiger partial charge in [-0.15, -0.1) is 11.8 Å². The molecule has 1 aromatic carbocycles. The predicted octanol–water partition coefficient (Wildman–Crippen LogP) is 3.37. The smallest absolute Gasteiger partial charge is 0.232 e. The molecule has 1 fully saturated rings. The third-order valence-electron chi connectivity index (χ3n) is 5.06. The number of hydrogen-bond donors (Lipinski definition) is 0. The number of thioether (sulfide) groups is 1. The average molecular weight is 414 g/mol. The zero-order valence-electron chi connectivity index (χ0n) is 17.3. The Balaban J connectivity index is 1.50. The molecule has 1 aromatic heterocycles. The Kier molecular flexibility index (Phi) is 8.99. The normalized spacial score (nSPS) is 14.7. The summed E-state index contributed by atoms with van der Waals surface area (Å²) in [5.74, 6) is 1.59. The molecule has 1 amide bonds. The number of pyridine rings is 1. The van der Waals surface area contributed by atoms with Crippen LogP contribution in [-0.2, 0) is 21.8 Å². The zero-order chi connectivity index (χ0) is 20.3. The Morgan fingerprint density at radius 3 is 2.72 bits per heavy atom. The fraction of sp³-hybridized carbons (Fsp3) is 0.478. The van der Waals surface area contributed by atoms with Gasteiger partial charge in [0, 0.05) is 50.9 Å². The summed E-state index contributed by atoms with van der Waals surface area (Å²) in [6.45, 7) is 8.16. The van der Waals surface area contributed by atoms with Crippen molar-refractivity contribution >= 4 is 17.7 Å². The van der Waals surface area contributed by atoms with Crippen LogP contribution < -0.4 is 0 Å². The van der Waals surface area contributed by atoms with Crippen LogP contribution in [0, 0.1) is 6.92 Å². The Labute approximate surface area is 178 Å². The highest BCUT2D eigenvalue weighted by Crippen LogP contribution is 2.15. The maximum atomic E-state index is 12.9. The zero-order valence-corrected chi connectivity index (χ0v) is 18.1. The fourth-order valence-corrected chi connectivity index (χ4v) is 4.33. The summed E-state index contributed by atoms with van der Waals surface area (Å²) in [5.41, 5.74) is 3.66. The minimum atomic E-state index is 0.210. The van der Waals surface area contributed by atoms with Crippen LogP contribution in [0.15, 0.2) is 48.8 Å². The lowest BCUT2D eigenvalue weighted by Gasteiger charge is -2.28. The van der Waals surface area contributed by atoms with Gasteiger partial charge < -0.3 is 9.64 Å². The highest BCUT2D eigenvalue weighted by molar-refractivity contribution is 7.99. The van der Waals surface area contributed by atoms with Crippen molar-refractivity contribution in [2.24, 2.45) is 0 Å². The summed E-state index contributed by atoms with van der Waals surface area (Å²) in [5, 5.41) is 0. The lowest BCUT2D eigenvalue weighted by molar-refractivity contribution is -0.129. The van der Waals surface area contributed by atoms with E-state index in [-0.39, 0.29) is 5.91 Å². The van der Waals surface area contributed by atoms with Gasteiger partial charge in [-0.1, -0.05) is 29.8 Å². The maximum Gasteiger partial charge on any atom is 0.232 e. The van der Waals surface area contributed by atoms with E-state index in [2.05, 4.69) is 41.1 Å². The number of carbonyl (C=O) groups excluding carboxylic acids is 1. The van der Waals surface area contributed by atoms with Gasteiger partial charge >= 0.3 is 0 Å². The highest BCUT2D eigenvalue weighted by Gasteiger charge is 2.16. The topological polar surface area (TPSA) is 45.7 Å². The molecular weight excluding hydrogens is 382 g/mol. The Morgan fingerprint density at radius 1 is 1.17 bits per heavy atom. The minimum Gasteiger partial charge on any atom is -0.379 e. The molecular formula is C23H31N3O2S. The molecule has 2 aromatic rings. The lowest BCUT2D eigenvalue weighted by Crippen LogP contribution is -2.39. The van der Waals surface area contributed by atoms with E-state index in [1.807, 2.05) is 17.0 Å². The summed E-state index contributed by atoms with van der Waals surface area (Å²) in [6, 6.07) is 12.5. The van der Waals surface area contributed by atoms with Gasteiger partial charge in [-0.25, -0.2) is 0 Å². The summed E-state index contributed by atoms with van der Waals surface area (Å²) >= 11 is 1.69. The summed E-state index contributed by atoms with van der Waals surface area (Å²) in [7, 11) is 0. The van der Waals surface area contributed by atoms with Crippen molar-refractivity contribution in [3.8, 4) is 0 Å². The Hall–Kier alpha value is -1.89. The third-order valence-corrected chi connectivity index (χ3v) is 6.05. The summed E-state index contributed by atoms with van der Waals surface area (Å²) in [6.07, 6.45) is 4.57. The van der Waals surface area contributed by atoms with Crippen LogP contribution in [0.4, 0.5) is 0 Å². The largest absolute Gasteiger partial charge is 0.379 e. The van der Waals surface area contributed by atoms with Crippen LogP contribution >= 0.6 is 11.8 Å². The number of aryl methyl sites for hydroxylation is 1. The van der Waals surface area contributed by atoms with Crippen molar-refractivity contribution in [1.29, 1.82) is 0 Å². The third kappa shape index (κ3) is 7.80. The Bertz CT molecular complexity index is 751. The van der Waals surface area contributed by atoms with Gasteiger partial charge in [-0.05, 0) is 36.6 Å². The summed E-state index contributed by atoms with van der Waals surface area (Å²) < 4.78 is 5.42. The first-order valence-corrected chi connectivity index (χ1v) is 11.5. The minimum absolute atomic E-state index is 0.210. The molecule has 156 valence electrons. The standard InChI is InChI=1S/C23H31N3O2S/c1-20-4-2-5-22(16-20)18-29-19-23(27)26(17-21-6-8-24-9-7-21)11-3-10-25-12-14-28-15-13-25/h2,4-9,16H,3,10-15,17-19H2,1H3. The van der Waals surface area contributed by atoms with E-state index >= 15 is 0 Å². The van der Waals surface area contributed by atoms with Gasteiger partial charge in [0.05, 0.1) is 19.0 Å². The molecule has 0 aliphatic carbocycles. The molecule has 2 heterocycles. The molecule has 0 saturated carbocycles. The number of amides is 1. The number of nitrogens with zero attached hydrogens (tertiary/aromatic N) is 3. The van der Waals surface area contributed by atoms with Crippen molar-refractivity contribution in [2.75, 3.05) is 45.1 Å². The molecule has 6 heteroatoms. The van der Waals surface area contributed by atoms with Gasteiger partial charge in [0.1, 0.15) is 0 Å². The van der Waals surface area contributed by atoms with Crippen LogP contribution in [0.25, 0.3) is 0 Å². The van der Waals surface area contributed by atoms with Crippen molar-refractivity contribution < 1.29 is 9.53 Å². The maximum absolute atomic E-state index is 12.9. The van der Waals surface area contributed by atoms with Crippen molar-refractivity contribution in [2.45, 2.75) is 25.6 Å². The van der Waals surface area contributed by atoms with Gasteiger partial charge in [0.25, 0.3) is 0 Å². The van der Waals surface area contributed by atoms with Gasteiger partial charge in [-0.2, -0.15) is 0 Å².